The van der Waals surface area contributed by atoms with Gasteiger partial charge in [0.05, 0.1) is 13.2 Å². The number of morpholine rings is 1. The smallest absolute Gasteiger partial charge is 0.191 e. The van der Waals surface area contributed by atoms with E-state index in [2.05, 4.69) is 52.3 Å². The molecule has 0 saturated carbocycles. The van der Waals surface area contributed by atoms with Gasteiger partial charge in [-0.2, -0.15) is 0 Å². The molecule has 1 aliphatic rings. The van der Waals surface area contributed by atoms with Crippen molar-refractivity contribution in [3.63, 3.8) is 0 Å². The van der Waals surface area contributed by atoms with Crippen LogP contribution in [-0.4, -0.2) is 49.8 Å². The largest absolute Gasteiger partial charge is 0.378 e. The Balaban J connectivity index is 0.00000264. The lowest BCUT2D eigenvalue weighted by atomic mass is 10.1. The van der Waals surface area contributed by atoms with E-state index in [0.29, 0.717) is 6.54 Å². The van der Waals surface area contributed by atoms with Crippen LogP contribution >= 0.6 is 24.0 Å². The van der Waals surface area contributed by atoms with E-state index in [9.17, 15) is 0 Å². The van der Waals surface area contributed by atoms with Crippen molar-refractivity contribution in [3.8, 4) is 0 Å². The summed E-state index contributed by atoms with van der Waals surface area (Å²) < 4.78 is 5.42. The molecule has 2 rings (SSSR count). The molecule has 0 radical (unpaired) electrons. The van der Waals surface area contributed by atoms with Gasteiger partial charge in [0.15, 0.2) is 5.96 Å². The normalized spacial score (nSPS) is 15.8. The van der Waals surface area contributed by atoms with E-state index >= 15 is 0 Å². The van der Waals surface area contributed by atoms with Crippen LogP contribution < -0.4 is 15.5 Å². The average Bonchev–Trinajstić information content (AvgIpc) is 2.51. The molecule has 130 valence electrons. The maximum Gasteiger partial charge on any atom is 0.191 e. The lowest BCUT2D eigenvalue weighted by Gasteiger charge is -2.30. The van der Waals surface area contributed by atoms with Gasteiger partial charge in [-0.1, -0.05) is 6.07 Å². The number of hydrogen-bond donors (Lipinski definition) is 2. The topological polar surface area (TPSA) is 61.8 Å². The van der Waals surface area contributed by atoms with Crippen molar-refractivity contribution in [2.75, 3.05) is 38.3 Å². The molecule has 0 atom stereocenters. The number of hydrogen-bond acceptors (Lipinski definition) is 4. The first-order valence-corrected chi connectivity index (χ1v) is 7.75. The van der Waals surface area contributed by atoms with Crippen molar-refractivity contribution in [1.29, 1.82) is 0 Å². The predicted octanol–water partition coefficient (Wildman–Crippen LogP) is 2.00. The Labute approximate surface area is 156 Å². The summed E-state index contributed by atoms with van der Waals surface area (Å²) in [7, 11) is 1.78. The standard InChI is InChI=1S/C16H27N5O.HI/c1-16(2,3)20-15(17-4)19-12-13-6-5-7-18-14(13)21-8-10-22-11-9-21;/h5-7H,8-12H2,1-4H3,(H2,17,19,20);1H. The van der Waals surface area contributed by atoms with Crippen molar-refractivity contribution in [2.45, 2.75) is 32.9 Å². The van der Waals surface area contributed by atoms with Crippen molar-refractivity contribution < 1.29 is 4.74 Å². The van der Waals surface area contributed by atoms with E-state index in [4.69, 9.17) is 4.74 Å². The fourth-order valence-electron chi connectivity index (χ4n) is 2.34. The van der Waals surface area contributed by atoms with Crippen LogP contribution in [0.15, 0.2) is 23.3 Å². The van der Waals surface area contributed by atoms with Gasteiger partial charge in [-0.15, -0.1) is 24.0 Å². The number of guanidine groups is 1. The molecule has 0 unspecified atom stereocenters. The highest BCUT2D eigenvalue weighted by atomic mass is 127. The highest BCUT2D eigenvalue weighted by molar-refractivity contribution is 14.0. The fraction of sp³-hybridized carbons (Fsp3) is 0.625. The number of nitrogens with one attached hydrogen (secondary N) is 2. The van der Waals surface area contributed by atoms with E-state index in [0.717, 1.165) is 38.1 Å². The number of aliphatic imine (C=N–C) groups is 1. The molecule has 1 saturated heterocycles. The Morgan fingerprint density at radius 1 is 1.35 bits per heavy atom. The maximum atomic E-state index is 5.42. The number of anilines is 1. The van der Waals surface area contributed by atoms with E-state index in [1.54, 1.807) is 7.05 Å². The molecule has 2 heterocycles. The summed E-state index contributed by atoms with van der Waals surface area (Å²) in [6, 6.07) is 4.08. The van der Waals surface area contributed by atoms with Crippen LogP contribution in [0, 0.1) is 0 Å². The van der Waals surface area contributed by atoms with E-state index in [1.165, 1.54) is 5.56 Å². The third kappa shape index (κ3) is 6.50. The van der Waals surface area contributed by atoms with Gasteiger partial charge in [-0.3, -0.25) is 4.99 Å². The minimum absolute atomic E-state index is 0. The SMILES string of the molecule is CN=C(NCc1cccnc1N1CCOCC1)NC(C)(C)C.I. The van der Waals surface area contributed by atoms with Crippen LogP contribution in [0.5, 0.6) is 0 Å². The second-order valence-electron chi connectivity index (χ2n) is 6.39. The second kappa shape index (κ2) is 9.27. The summed E-state index contributed by atoms with van der Waals surface area (Å²) in [5, 5.41) is 6.72. The number of pyridine rings is 1. The molecular weight excluding hydrogens is 405 g/mol. The number of rotatable bonds is 3. The minimum Gasteiger partial charge on any atom is -0.378 e. The third-order valence-corrected chi connectivity index (χ3v) is 3.34. The Morgan fingerprint density at radius 3 is 2.65 bits per heavy atom. The van der Waals surface area contributed by atoms with Gasteiger partial charge in [0, 0.05) is 44.0 Å². The monoisotopic (exact) mass is 433 g/mol. The molecule has 6 nitrogen and oxygen atoms in total. The third-order valence-electron chi connectivity index (χ3n) is 3.34. The molecule has 0 amide bonds. The molecule has 1 aromatic heterocycles. The molecule has 1 aromatic rings. The molecule has 0 aliphatic carbocycles. The molecule has 23 heavy (non-hydrogen) atoms. The van der Waals surface area contributed by atoms with Gasteiger partial charge in [-0.25, -0.2) is 4.98 Å². The number of ether oxygens (including phenoxy) is 1. The molecule has 0 bridgehead atoms. The number of nitrogens with zero attached hydrogens (tertiary/aromatic N) is 3. The molecule has 0 spiro atoms. The molecule has 2 N–H and O–H groups in total. The van der Waals surface area contributed by atoms with Crippen LogP contribution in [0.4, 0.5) is 5.82 Å². The lowest BCUT2D eigenvalue weighted by Crippen LogP contribution is -2.47. The van der Waals surface area contributed by atoms with Crippen molar-refractivity contribution >= 4 is 35.8 Å². The first-order chi connectivity index (χ1) is 10.5. The van der Waals surface area contributed by atoms with E-state index in [-0.39, 0.29) is 29.5 Å². The maximum absolute atomic E-state index is 5.42. The summed E-state index contributed by atoms with van der Waals surface area (Å²) >= 11 is 0. The summed E-state index contributed by atoms with van der Waals surface area (Å²) in [4.78, 5) is 11.1. The van der Waals surface area contributed by atoms with Crippen LogP contribution in [0.25, 0.3) is 0 Å². The van der Waals surface area contributed by atoms with Gasteiger partial charge in [0.25, 0.3) is 0 Å². The lowest BCUT2D eigenvalue weighted by molar-refractivity contribution is 0.122. The number of aromatic nitrogens is 1. The second-order valence-corrected chi connectivity index (χ2v) is 6.39. The zero-order valence-corrected chi connectivity index (χ0v) is 16.8. The van der Waals surface area contributed by atoms with Crippen molar-refractivity contribution in [3.05, 3.63) is 23.9 Å². The van der Waals surface area contributed by atoms with E-state index in [1.807, 2.05) is 12.3 Å². The Morgan fingerprint density at radius 2 is 2.04 bits per heavy atom. The Hall–Kier alpha value is -1.09. The van der Waals surface area contributed by atoms with E-state index < -0.39 is 0 Å². The Bertz CT molecular complexity index is 509. The zero-order valence-electron chi connectivity index (χ0n) is 14.4. The molecule has 0 aromatic carbocycles. The molecular formula is C16H28IN5O. The van der Waals surface area contributed by atoms with Crippen molar-refractivity contribution in [2.24, 2.45) is 4.99 Å². The fourth-order valence-corrected chi connectivity index (χ4v) is 2.34. The number of halogens is 1. The van der Waals surface area contributed by atoms with Gasteiger partial charge in [0.2, 0.25) is 0 Å². The molecule has 1 aliphatic heterocycles. The van der Waals surface area contributed by atoms with Gasteiger partial charge in [0.1, 0.15) is 5.82 Å². The van der Waals surface area contributed by atoms with Crippen LogP contribution in [-0.2, 0) is 11.3 Å². The molecule has 7 heteroatoms. The van der Waals surface area contributed by atoms with Crippen LogP contribution in [0.3, 0.4) is 0 Å². The zero-order chi connectivity index (χ0) is 16.0. The molecule has 1 fully saturated rings. The predicted molar refractivity (Wildman–Crippen MR) is 106 cm³/mol. The minimum atomic E-state index is -0.0240. The quantitative estimate of drug-likeness (QED) is 0.434. The van der Waals surface area contributed by atoms with Crippen LogP contribution in [0.1, 0.15) is 26.3 Å². The van der Waals surface area contributed by atoms with Crippen LogP contribution in [0.2, 0.25) is 0 Å². The van der Waals surface area contributed by atoms with Gasteiger partial charge < -0.3 is 20.3 Å². The van der Waals surface area contributed by atoms with Gasteiger partial charge in [-0.05, 0) is 26.8 Å². The first kappa shape index (κ1) is 20.0. The summed E-state index contributed by atoms with van der Waals surface area (Å²) in [6.07, 6.45) is 1.84. The first-order valence-electron chi connectivity index (χ1n) is 7.75. The highest BCUT2D eigenvalue weighted by Gasteiger charge is 2.16. The van der Waals surface area contributed by atoms with Crippen molar-refractivity contribution in [1.82, 2.24) is 15.6 Å². The summed E-state index contributed by atoms with van der Waals surface area (Å²) in [6.45, 7) is 10.3. The highest BCUT2D eigenvalue weighted by Crippen LogP contribution is 2.18. The Kier molecular flexibility index (Phi) is 8.04. The van der Waals surface area contributed by atoms with Gasteiger partial charge >= 0.3 is 0 Å². The summed E-state index contributed by atoms with van der Waals surface area (Å²) in [5.41, 5.74) is 1.14. The average molecular weight is 433 g/mol. The summed E-state index contributed by atoms with van der Waals surface area (Å²) in [5.74, 6) is 1.83.